The largest absolute Gasteiger partial charge is 0.464 e. The van der Waals surface area contributed by atoms with Gasteiger partial charge in [-0.1, -0.05) is 63.3 Å². The molecule has 0 N–H and O–H groups in total. The number of amides is 1. The molecule has 0 aromatic rings. The zero-order chi connectivity index (χ0) is 29.1. The maximum atomic E-state index is 12.9. The van der Waals surface area contributed by atoms with E-state index >= 15 is 0 Å². The third-order valence-corrected chi connectivity index (χ3v) is 7.10. The van der Waals surface area contributed by atoms with Crippen LogP contribution >= 0.6 is 0 Å². The van der Waals surface area contributed by atoms with Crippen LogP contribution in [0.4, 0.5) is 0 Å². The molecule has 40 heavy (non-hydrogen) atoms. The van der Waals surface area contributed by atoms with Crippen LogP contribution in [-0.4, -0.2) is 101 Å². The molecular formula is C32H58N2O6. The molecule has 0 radical (unpaired) electrons. The first-order chi connectivity index (χ1) is 19.6. The van der Waals surface area contributed by atoms with Gasteiger partial charge in [0.15, 0.2) is 0 Å². The molecule has 1 amide bonds. The molecule has 8 heteroatoms. The van der Waals surface area contributed by atoms with Crippen molar-refractivity contribution in [3.8, 4) is 0 Å². The monoisotopic (exact) mass is 566 g/mol. The van der Waals surface area contributed by atoms with Gasteiger partial charge in [-0.2, -0.15) is 0 Å². The Labute approximate surface area is 244 Å². The minimum atomic E-state index is -0.180. The van der Waals surface area contributed by atoms with Gasteiger partial charge in [0.1, 0.15) is 6.61 Å². The van der Waals surface area contributed by atoms with Crippen molar-refractivity contribution >= 4 is 11.9 Å². The van der Waals surface area contributed by atoms with Crippen LogP contribution < -0.4 is 0 Å². The summed E-state index contributed by atoms with van der Waals surface area (Å²) in [4.78, 5) is 28.9. The number of hydrogen-bond acceptors (Lipinski definition) is 7. The van der Waals surface area contributed by atoms with Crippen LogP contribution in [0, 0.1) is 0 Å². The molecule has 232 valence electrons. The molecule has 1 rings (SSSR count). The van der Waals surface area contributed by atoms with Crippen molar-refractivity contribution in [2.75, 3.05) is 73.4 Å². The van der Waals surface area contributed by atoms with Gasteiger partial charge in [0.05, 0.1) is 39.0 Å². The zero-order valence-electron chi connectivity index (χ0n) is 25.8. The lowest BCUT2D eigenvalue weighted by Crippen LogP contribution is -2.43. The zero-order valence-corrected chi connectivity index (χ0v) is 25.8. The Balaban J connectivity index is 2.10. The highest BCUT2D eigenvalue weighted by Crippen LogP contribution is 2.13. The number of hydrogen-bond donors (Lipinski definition) is 0. The van der Waals surface area contributed by atoms with E-state index in [0.29, 0.717) is 45.9 Å². The van der Waals surface area contributed by atoms with Crippen molar-refractivity contribution < 1.29 is 28.5 Å². The number of methoxy groups -OCH3 is 2. The van der Waals surface area contributed by atoms with Gasteiger partial charge in [-0.25, -0.2) is 0 Å². The summed E-state index contributed by atoms with van der Waals surface area (Å²) in [5.74, 6) is -0.153. The third kappa shape index (κ3) is 20.2. The predicted octanol–water partition coefficient (Wildman–Crippen LogP) is 5.56. The van der Waals surface area contributed by atoms with E-state index in [2.05, 4.69) is 36.1 Å². The number of carbonyl (C=O) groups excluding carboxylic acids is 2. The molecular weight excluding hydrogens is 508 g/mol. The smallest absolute Gasteiger partial charge is 0.305 e. The lowest BCUT2D eigenvalue weighted by atomic mass is 10.1. The Hall–Kier alpha value is -1.74. The highest BCUT2D eigenvalue weighted by Gasteiger charge is 2.26. The van der Waals surface area contributed by atoms with Gasteiger partial charge in [0.25, 0.3) is 0 Å². The van der Waals surface area contributed by atoms with Crippen LogP contribution in [0.15, 0.2) is 24.3 Å². The van der Waals surface area contributed by atoms with E-state index < -0.39 is 0 Å². The first-order valence-electron chi connectivity index (χ1n) is 15.7. The number of rotatable bonds is 26. The first kappa shape index (κ1) is 36.3. The Morgan fingerprint density at radius 1 is 0.825 bits per heavy atom. The van der Waals surface area contributed by atoms with Gasteiger partial charge < -0.3 is 23.8 Å². The van der Waals surface area contributed by atoms with Crippen molar-refractivity contribution in [3.63, 3.8) is 0 Å². The first-order valence-corrected chi connectivity index (χ1v) is 15.7. The van der Waals surface area contributed by atoms with Gasteiger partial charge in [0.2, 0.25) is 5.91 Å². The second kappa shape index (κ2) is 26.2. The van der Waals surface area contributed by atoms with Gasteiger partial charge in [-0.05, 0) is 44.9 Å². The average Bonchev–Trinajstić information content (AvgIpc) is 3.39. The molecule has 0 bridgehead atoms. The fourth-order valence-electron chi connectivity index (χ4n) is 4.65. The molecule has 1 saturated heterocycles. The fraction of sp³-hybridized carbons (Fsp3) is 0.812. The van der Waals surface area contributed by atoms with Gasteiger partial charge in [-0.3, -0.25) is 14.5 Å². The van der Waals surface area contributed by atoms with Crippen molar-refractivity contribution in [1.82, 2.24) is 9.80 Å². The second-order valence-electron chi connectivity index (χ2n) is 10.6. The molecule has 1 heterocycles. The summed E-state index contributed by atoms with van der Waals surface area (Å²) in [5.41, 5.74) is 0. The molecule has 1 atom stereocenters. The van der Waals surface area contributed by atoms with E-state index in [1.807, 2.05) is 0 Å². The summed E-state index contributed by atoms with van der Waals surface area (Å²) in [7, 11) is 3.28. The van der Waals surface area contributed by atoms with Crippen molar-refractivity contribution in [2.24, 2.45) is 0 Å². The van der Waals surface area contributed by atoms with Gasteiger partial charge in [0, 0.05) is 40.3 Å². The lowest BCUT2D eigenvalue weighted by Gasteiger charge is -2.25. The minimum Gasteiger partial charge on any atom is -0.464 e. The number of nitrogens with zero attached hydrogens (tertiary/aromatic N) is 2. The molecule has 0 unspecified atom stereocenters. The minimum absolute atomic E-state index is 0.0272. The Morgan fingerprint density at radius 3 is 2.23 bits per heavy atom. The maximum absolute atomic E-state index is 12.9. The van der Waals surface area contributed by atoms with Crippen molar-refractivity contribution in [3.05, 3.63) is 24.3 Å². The fourth-order valence-corrected chi connectivity index (χ4v) is 4.65. The van der Waals surface area contributed by atoms with E-state index in [9.17, 15) is 9.59 Å². The number of likely N-dealkylation sites (tertiary alicyclic amines) is 1. The Bertz CT molecular complexity index is 684. The van der Waals surface area contributed by atoms with E-state index in [-0.39, 0.29) is 24.6 Å². The van der Waals surface area contributed by atoms with E-state index in [1.165, 1.54) is 38.5 Å². The number of ether oxygens (including phenoxy) is 4. The standard InChI is InChI=1S/C32H58N2O6/c1-4-5-6-7-8-9-10-11-12-13-14-15-16-17-18-19-32(36)40-25-23-34(22-24-37-2)31(35)29-33-21-20-30(28-33)39-27-26-38-3/h8-9,11-12,30H,4-7,10,13-29H2,1-3H3/b9-8-,12-11-/t30-/m1/s1. The van der Waals surface area contributed by atoms with E-state index in [0.717, 1.165) is 51.6 Å². The predicted molar refractivity (Wildman–Crippen MR) is 161 cm³/mol. The maximum Gasteiger partial charge on any atom is 0.305 e. The summed E-state index contributed by atoms with van der Waals surface area (Å²) >= 11 is 0. The van der Waals surface area contributed by atoms with Crippen molar-refractivity contribution in [1.29, 1.82) is 0 Å². The summed E-state index contributed by atoms with van der Waals surface area (Å²) in [5, 5.41) is 0. The molecule has 1 aliphatic rings. The number of carbonyl (C=O) groups is 2. The normalized spacial score (nSPS) is 15.9. The van der Waals surface area contributed by atoms with Gasteiger partial charge in [-0.15, -0.1) is 0 Å². The molecule has 1 aliphatic heterocycles. The summed E-state index contributed by atoms with van der Waals surface area (Å²) in [6.45, 7) is 6.86. The highest BCUT2D eigenvalue weighted by molar-refractivity contribution is 5.78. The van der Waals surface area contributed by atoms with Crippen molar-refractivity contribution in [2.45, 2.75) is 96.5 Å². The van der Waals surface area contributed by atoms with Crippen LogP contribution in [0.25, 0.3) is 0 Å². The van der Waals surface area contributed by atoms with Crippen LogP contribution in [0.3, 0.4) is 0 Å². The number of unbranched alkanes of at least 4 members (excludes halogenated alkanes) is 8. The SMILES string of the molecule is CCCCC/C=C\C/C=C\CCCCCCCC(=O)OCCN(CCOC)C(=O)CN1CC[C@@H](OCCOC)C1. The Morgan fingerprint density at radius 2 is 1.50 bits per heavy atom. The molecule has 1 fully saturated rings. The quantitative estimate of drug-likeness (QED) is 0.0771. The summed E-state index contributed by atoms with van der Waals surface area (Å²) < 4.78 is 21.4. The molecule has 0 aromatic carbocycles. The molecule has 0 spiro atoms. The molecule has 0 aliphatic carbocycles. The van der Waals surface area contributed by atoms with Crippen LogP contribution in [-0.2, 0) is 28.5 Å². The average molecular weight is 567 g/mol. The van der Waals surface area contributed by atoms with Crippen LogP contribution in [0.1, 0.15) is 90.4 Å². The Kier molecular flexibility index (Phi) is 23.7. The number of esters is 1. The van der Waals surface area contributed by atoms with Crippen LogP contribution in [0.5, 0.6) is 0 Å². The molecule has 0 saturated carbocycles. The highest BCUT2D eigenvalue weighted by atomic mass is 16.5. The van der Waals surface area contributed by atoms with Crippen LogP contribution in [0.2, 0.25) is 0 Å². The summed E-state index contributed by atoms with van der Waals surface area (Å²) in [6.07, 6.45) is 23.3. The topological polar surface area (TPSA) is 77.5 Å². The second-order valence-corrected chi connectivity index (χ2v) is 10.6. The summed E-state index contributed by atoms with van der Waals surface area (Å²) in [6, 6.07) is 0. The third-order valence-electron chi connectivity index (χ3n) is 7.10. The van der Waals surface area contributed by atoms with E-state index in [4.69, 9.17) is 18.9 Å². The van der Waals surface area contributed by atoms with Gasteiger partial charge >= 0.3 is 5.97 Å². The number of allylic oxidation sites excluding steroid dienone is 4. The van der Waals surface area contributed by atoms with E-state index in [1.54, 1.807) is 19.1 Å². The molecule has 8 nitrogen and oxygen atoms in total. The lowest BCUT2D eigenvalue weighted by molar-refractivity contribution is -0.146. The molecule has 0 aromatic heterocycles.